The molecule has 2 aliphatic carbocycles. The fourth-order valence-electron chi connectivity index (χ4n) is 3.34. The molecule has 0 aromatic carbocycles. The molecular weight excluding hydrogens is 194 g/mol. The van der Waals surface area contributed by atoms with Gasteiger partial charge >= 0.3 is 0 Å². The van der Waals surface area contributed by atoms with Gasteiger partial charge in [0.25, 0.3) is 0 Å². The molecule has 0 bridgehead atoms. The van der Waals surface area contributed by atoms with Crippen LogP contribution in [0.4, 0.5) is 0 Å². The summed E-state index contributed by atoms with van der Waals surface area (Å²) in [6, 6.07) is 0.878. The molecule has 1 heteroatoms. The SMILES string of the molecule is CC(C)C1CC(C)(C)CCC1CNC1CC1. The van der Waals surface area contributed by atoms with Gasteiger partial charge in [-0.3, -0.25) is 0 Å². The summed E-state index contributed by atoms with van der Waals surface area (Å²) in [5.74, 6) is 2.73. The van der Waals surface area contributed by atoms with Crippen molar-refractivity contribution in [2.24, 2.45) is 23.2 Å². The van der Waals surface area contributed by atoms with Gasteiger partial charge in [0, 0.05) is 6.04 Å². The molecule has 0 amide bonds. The van der Waals surface area contributed by atoms with E-state index in [9.17, 15) is 0 Å². The summed E-state index contributed by atoms with van der Waals surface area (Å²) in [7, 11) is 0. The fourth-order valence-corrected chi connectivity index (χ4v) is 3.34. The van der Waals surface area contributed by atoms with E-state index in [0.717, 1.165) is 23.8 Å². The van der Waals surface area contributed by atoms with E-state index in [-0.39, 0.29) is 0 Å². The quantitative estimate of drug-likeness (QED) is 0.763. The van der Waals surface area contributed by atoms with Crippen LogP contribution in [0.1, 0.15) is 59.8 Å². The maximum atomic E-state index is 3.74. The molecule has 0 radical (unpaired) electrons. The lowest BCUT2D eigenvalue weighted by atomic mass is 9.64. The van der Waals surface area contributed by atoms with Crippen LogP contribution in [0.15, 0.2) is 0 Å². The zero-order valence-electron chi connectivity index (χ0n) is 11.6. The van der Waals surface area contributed by atoms with Gasteiger partial charge in [-0.05, 0) is 61.8 Å². The van der Waals surface area contributed by atoms with E-state index in [2.05, 4.69) is 33.0 Å². The topological polar surface area (TPSA) is 12.0 Å². The second-order valence-electron chi connectivity index (χ2n) is 7.26. The molecule has 2 unspecified atom stereocenters. The molecule has 2 fully saturated rings. The minimum Gasteiger partial charge on any atom is -0.314 e. The Morgan fingerprint density at radius 1 is 1.19 bits per heavy atom. The highest BCUT2D eigenvalue weighted by atomic mass is 14.9. The lowest BCUT2D eigenvalue weighted by molar-refractivity contribution is 0.0842. The highest BCUT2D eigenvalue weighted by Gasteiger charge is 2.36. The molecule has 2 aliphatic rings. The Balaban J connectivity index is 1.88. The maximum absolute atomic E-state index is 3.74. The van der Waals surface area contributed by atoms with Crippen molar-refractivity contribution >= 4 is 0 Å². The Labute approximate surface area is 101 Å². The summed E-state index contributed by atoms with van der Waals surface area (Å²) in [5, 5.41) is 3.74. The first kappa shape index (κ1) is 12.4. The van der Waals surface area contributed by atoms with Gasteiger partial charge in [0.1, 0.15) is 0 Å². The van der Waals surface area contributed by atoms with E-state index in [1.807, 2.05) is 0 Å². The minimum absolute atomic E-state index is 0.588. The van der Waals surface area contributed by atoms with Crippen molar-refractivity contribution in [2.45, 2.75) is 65.8 Å². The van der Waals surface area contributed by atoms with Gasteiger partial charge in [0.2, 0.25) is 0 Å². The molecule has 1 N–H and O–H groups in total. The highest BCUT2D eigenvalue weighted by Crippen LogP contribution is 2.44. The summed E-state index contributed by atoms with van der Waals surface area (Å²) in [6.07, 6.45) is 7.14. The van der Waals surface area contributed by atoms with E-state index in [1.165, 1.54) is 38.6 Å². The molecule has 0 aromatic rings. The van der Waals surface area contributed by atoms with Crippen molar-refractivity contribution in [3.8, 4) is 0 Å². The van der Waals surface area contributed by atoms with Crippen LogP contribution in [0.25, 0.3) is 0 Å². The molecule has 2 atom stereocenters. The molecule has 94 valence electrons. The Kier molecular flexibility index (Phi) is 3.63. The Bertz CT molecular complexity index is 226. The van der Waals surface area contributed by atoms with Crippen LogP contribution >= 0.6 is 0 Å². The van der Waals surface area contributed by atoms with Crippen LogP contribution in [-0.2, 0) is 0 Å². The first-order valence-corrected chi connectivity index (χ1v) is 7.21. The zero-order chi connectivity index (χ0) is 11.8. The fraction of sp³-hybridized carbons (Fsp3) is 1.00. The van der Waals surface area contributed by atoms with Crippen LogP contribution in [0, 0.1) is 23.2 Å². The van der Waals surface area contributed by atoms with Crippen molar-refractivity contribution in [2.75, 3.05) is 6.54 Å². The highest BCUT2D eigenvalue weighted by molar-refractivity contribution is 4.89. The summed E-state index contributed by atoms with van der Waals surface area (Å²) >= 11 is 0. The summed E-state index contributed by atoms with van der Waals surface area (Å²) in [4.78, 5) is 0. The summed E-state index contributed by atoms with van der Waals surface area (Å²) in [6.45, 7) is 11.0. The Hall–Kier alpha value is -0.0400. The molecule has 0 aliphatic heterocycles. The minimum atomic E-state index is 0.588. The molecular formula is C15H29N. The number of nitrogens with one attached hydrogen (secondary N) is 1. The predicted octanol–water partition coefficient (Wildman–Crippen LogP) is 3.84. The van der Waals surface area contributed by atoms with E-state index in [1.54, 1.807) is 0 Å². The maximum Gasteiger partial charge on any atom is 0.00683 e. The molecule has 0 spiro atoms. The molecule has 16 heavy (non-hydrogen) atoms. The smallest absolute Gasteiger partial charge is 0.00683 e. The third kappa shape index (κ3) is 3.23. The third-order valence-corrected chi connectivity index (χ3v) is 4.69. The Morgan fingerprint density at radius 2 is 1.88 bits per heavy atom. The molecule has 0 heterocycles. The van der Waals surface area contributed by atoms with Gasteiger partial charge in [0.15, 0.2) is 0 Å². The summed E-state index contributed by atoms with van der Waals surface area (Å²) < 4.78 is 0. The molecule has 1 nitrogen and oxygen atoms in total. The van der Waals surface area contributed by atoms with E-state index >= 15 is 0 Å². The standard InChI is InChI=1S/C15H29N/c1-11(2)14-9-15(3,4)8-7-12(14)10-16-13-5-6-13/h11-14,16H,5-10H2,1-4H3. The average molecular weight is 223 g/mol. The lowest BCUT2D eigenvalue weighted by Crippen LogP contribution is -2.38. The van der Waals surface area contributed by atoms with Crippen LogP contribution in [0.2, 0.25) is 0 Å². The predicted molar refractivity (Wildman–Crippen MR) is 70.5 cm³/mol. The largest absolute Gasteiger partial charge is 0.314 e. The summed E-state index contributed by atoms with van der Waals surface area (Å²) in [5.41, 5.74) is 0.588. The van der Waals surface area contributed by atoms with Crippen LogP contribution in [-0.4, -0.2) is 12.6 Å². The molecule has 2 rings (SSSR count). The number of hydrogen-bond donors (Lipinski definition) is 1. The van der Waals surface area contributed by atoms with Crippen LogP contribution in [0.3, 0.4) is 0 Å². The first-order valence-electron chi connectivity index (χ1n) is 7.21. The van der Waals surface area contributed by atoms with Crippen molar-refractivity contribution in [3.63, 3.8) is 0 Å². The second-order valence-corrected chi connectivity index (χ2v) is 7.26. The van der Waals surface area contributed by atoms with Crippen LogP contribution < -0.4 is 5.32 Å². The van der Waals surface area contributed by atoms with Gasteiger partial charge in [-0.15, -0.1) is 0 Å². The van der Waals surface area contributed by atoms with Crippen molar-refractivity contribution in [3.05, 3.63) is 0 Å². The van der Waals surface area contributed by atoms with E-state index < -0.39 is 0 Å². The van der Waals surface area contributed by atoms with Gasteiger partial charge in [0.05, 0.1) is 0 Å². The van der Waals surface area contributed by atoms with Gasteiger partial charge < -0.3 is 5.32 Å². The van der Waals surface area contributed by atoms with Crippen molar-refractivity contribution in [1.82, 2.24) is 5.32 Å². The Morgan fingerprint density at radius 3 is 2.44 bits per heavy atom. The third-order valence-electron chi connectivity index (χ3n) is 4.69. The number of hydrogen-bond acceptors (Lipinski definition) is 1. The van der Waals surface area contributed by atoms with E-state index in [4.69, 9.17) is 0 Å². The van der Waals surface area contributed by atoms with E-state index in [0.29, 0.717) is 5.41 Å². The van der Waals surface area contributed by atoms with Crippen LogP contribution in [0.5, 0.6) is 0 Å². The zero-order valence-corrected chi connectivity index (χ0v) is 11.6. The van der Waals surface area contributed by atoms with Crippen molar-refractivity contribution < 1.29 is 0 Å². The van der Waals surface area contributed by atoms with Gasteiger partial charge in [-0.2, -0.15) is 0 Å². The van der Waals surface area contributed by atoms with Gasteiger partial charge in [-0.25, -0.2) is 0 Å². The monoisotopic (exact) mass is 223 g/mol. The second kappa shape index (κ2) is 4.68. The number of rotatable bonds is 4. The normalized spacial score (nSPS) is 34.3. The molecule has 2 saturated carbocycles. The van der Waals surface area contributed by atoms with Gasteiger partial charge in [-0.1, -0.05) is 27.7 Å². The lowest BCUT2D eigenvalue weighted by Gasteiger charge is -2.43. The average Bonchev–Trinajstić information content (AvgIpc) is 2.98. The molecule has 0 saturated heterocycles. The molecule has 0 aromatic heterocycles. The van der Waals surface area contributed by atoms with Crippen molar-refractivity contribution in [1.29, 1.82) is 0 Å². The first-order chi connectivity index (χ1) is 7.48.